The molecule has 4 rings (SSSR count). The van der Waals surface area contributed by atoms with Crippen LogP contribution in [0.15, 0.2) is 65.3 Å². The van der Waals surface area contributed by atoms with Crippen LogP contribution in [0.1, 0.15) is 58.7 Å². The van der Waals surface area contributed by atoms with E-state index in [-0.39, 0.29) is 5.56 Å². The van der Waals surface area contributed by atoms with Gasteiger partial charge in [0.1, 0.15) is 16.4 Å². The van der Waals surface area contributed by atoms with Gasteiger partial charge in [-0.25, -0.2) is 9.78 Å². The van der Waals surface area contributed by atoms with E-state index in [2.05, 4.69) is 22.9 Å². The summed E-state index contributed by atoms with van der Waals surface area (Å²) in [5.41, 5.74) is 6.03. The largest absolute Gasteiger partial charge is 0.478 e. The van der Waals surface area contributed by atoms with Gasteiger partial charge in [0.25, 0.3) is 0 Å². The molecule has 5 nitrogen and oxygen atoms in total. The van der Waals surface area contributed by atoms with E-state index >= 15 is 0 Å². The van der Waals surface area contributed by atoms with Crippen LogP contribution in [0.3, 0.4) is 0 Å². The fraction of sp³-hybridized carbons (Fsp3) is 0.231. The van der Waals surface area contributed by atoms with Crippen molar-refractivity contribution >= 4 is 27.5 Å². The number of aromatic carboxylic acids is 1. The Hall–Kier alpha value is -2.96. The van der Waals surface area contributed by atoms with Gasteiger partial charge in [-0.05, 0) is 70.1 Å². The molecule has 2 aromatic carbocycles. The number of hydrogen-bond donors (Lipinski definition) is 2. The maximum atomic E-state index is 11.6. The predicted octanol–water partition coefficient (Wildman–Crippen LogP) is 6.19. The van der Waals surface area contributed by atoms with Crippen molar-refractivity contribution in [2.75, 3.05) is 0 Å². The third kappa shape index (κ3) is 4.08. The third-order valence-electron chi connectivity index (χ3n) is 5.74. The summed E-state index contributed by atoms with van der Waals surface area (Å²) < 4.78 is 2.87. The van der Waals surface area contributed by atoms with Crippen LogP contribution in [0, 0.1) is 6.92 Å². The van der Waals surface area contributed by atoms with Crippen molar-refractivity contribution in [1.29, 1.82) is 0 Å². The number of pyridine rings is 1. The summed E-state index contributed by atoms with van der Waals surface area (Å²) in [6, 6.07) is 18.2. The SMILES string of the molecule is CCCCc1nc2c(C)ccc([C@H](O)c3ccc(-c4ccccc4C(=O)O)cc3)n2c1Br. The molecule has 0 fully saturated rings. The quantitative estimate of drug-likeness (QED) is 0.322. The van der Waals surface area contributed by atoms with Crippen molar-refractivity contribution in [3.05, 3.63) is 93.3 Å². The van der Waals surface area contributed by atoms with Crippen molar-refractivity contribution in [3.8, 4) is 11.1 Å². The highest BCUT2D eigenvalue weighted by atomic mass is 79.9. The standard InChI is InChI=1S/C26H25BrN2O3/c1-3-4-9-21-24(27)29-22(15-10-16(2)25(29)28-21)23(30)18-13-11-17(12-14-18)19-7-5-6-8-20(19)26(31)32/h5-8,10-15,23,30H,3-4,9H2,1-2H3,(H,31,32)/t23-/m1/s1. The Kier molecular flexibility index (Phi) is 6.44. The fourth-order valence-corrected chi connectivity index (χ4v) is 4.62. The maximum Gasteiger partial charge on any atom is 0.336 e. The number of nitrogens with zero attached hydrogens (tertiary/aromatic N) is 2. The minimum Gasteiger partial charge on any atom is -0.478 e. The lowest BCUT2D eigenvalue weighted by atomic mass is 9.97. The van der Waals surface area contributed by atoms with Gasteiger partial charge >= 0.3 is 5.97 Å². The lowest BCUT2D eigenvalue weighted by Crippen LogP contribution is -2.07. The minimum atomic E-state index is -0.962. The van der Waals surface area contributed by atoms with Crippen LogP contribution in [-0.4, -0.2) is 25.6 Å². The zero-order chi connectivity index (χ0) is 22.8. The summed E-state index contributed by atoms with van der Waals surface area (Å²) in [7, 11) is 0. The zero-order valence-electron chi connectivity index (χ0n) is 18.0. The molecule has 2 N–H and O–H groups in total. The van der Waals surface area contributed by atoms with E-state index in [1.807, 2.05) is 53.8 Å². The molecule has 0 bridgehead atoms. The highest BCUT2D eigenvalue weighted by Gasteiger charge is 2.20. The number of aromatic nitrogens is 2. The smallest absolute Gasteiger partial charge is 0.336 e. The van der Waals surface area contributed by atoms with Gasteiger partial charge in [-0.1, -0.05) is 61.9 Å². The third-order valence-corrected chi connectivity index (χ3v) is 6.56. The first-order valence-electron chi connectivity index (χ1n) is 10.7. The molecule has 164 valence electrons. The van der Waals surface area contributed by atoms with Crippen molar-refractivity contribution in [2.45, 2.75) is 39.2 Å². The van der Waals surface area contributed by atoms with Crippen LogP contribution in [0.5, 0.6) is 0 Å². The van der Waals surface area contributed by atoms with Gasteiger partial charge in [-0.15, -0.1) is 0 Å². The number of unbranched alkanes of at least 4 members (excludes halogenated alkanes) is 1. The molecule has 2 heterocycles. The van der Waals surface area contributed by atoms with Gasteiger partial charge in [-0.2, -0.15) is 0 Å². The van der Waals surface area contributed by atoms with Crippen molar-refractivity contribution in [3.63, 3.8) is 0 Å². The average Bonchev–Trinajstić information content (AvgIpc) is 3.15. The fourth-order valence-electron chi connectivity index (χ4n) is 3.96. The van der Waals surface area contributed by atoms with Gasteiger partial charge in [-0.3, -0.25) is 4.40 Å². The molecule has 0 radical (unpaired) electrons. The van der Waals surface area contributed by atoms with E-state index in [0.717, 1.165) is 57.6 Å². The van der Waals surface area contributed by atoms with E-state index in [1.54, 1.807) is 18.2 Å². The maximum absolute atomic E-state index is 11.6. The number of aryl methyl sites for hydroxylation is 2. The molecule has 0 aliphatic heterocycles. The minimum absolute atomic E-state index is 0.253. The normalized spacial score (nSPS) is 12.2. The summed E-state index contributed by atoms with van der Waals surface area (Å²) >= 11 is 3.71. The molecule has 0 unspecified atom stereocenters. The first-order chi connectivity index (χ1) is 15.4. The Labute approximate surface area is 195 Å². The highest BCUT2D eigenvalue weighted by molar-refractivity contribution is 9.10. The van der Waals surface area contributed by atoms with Crippen LogP contribution in [0.25, 0.3) is 16.8 Å². The lowest BCUT2D eigenvalue weighted by Gasteiger charge is -2.16. The Morgan fingerprint density at radius 2 is 1.81 bits per heavy atom. The van der Waals surface area contributed by atoms with Crippen molar-refractivity contribution < 1.29 is 15.0 Å². The van der Waals surface area contributed by atoms with Crippen LogP contribution in [0.2, 0.25) is 0 Å². The van der Waals surface area contributed by atoms with Crippen LogP contribution < -0.4 is 0 Å². The van der Waals surface area contributed by atoms with E-state index < -0.39 is 12.1 Å². The molecule has 0 amide bonds. The Morgan fingerprint density at radius 3 is 2.50 bits per heavy atom. The molecule has 0 aliphatic rings. The van der Waals surface area contributed by atoms with Crippen molar-refractivity contribution in [2.24, 2.45) is 0 Å². The number of rotatable bonds is 7. The van der Waals surface area contributed by atoms with Gasteiger partial charge in [0, 0.05) is 0 Å². The molecular weight excluding hydrogens is 468 g/mol. The van der Waals surface area contributed by atoms with Crippen LogP contribution in [-0.2, 0) is 6.42 Å². The number of carboxylic acids is 1. The molecule has 6 heteroatoms. The van der Waals surface area contributed by atoms with Crippen LogP contribution in [0.4, 0.5) is 0 Å². The second-order valence-corrected chi connectivity index (χ2v) is 8.68. The number of aliphatic hydroxyl groups is 1. The molecule has 32 heavy (non-hydrogen) atoms. The van der Waals surface area contributed by atoms with Gasteiger partial charge in [0.2, 0.25) is 0 Å². The van der Waals surface area contributed by atoms with E-state index in [9.17, 15) is 15.0 Å². The monoisotopic (exact) mass is 492 g/mol. The second-order valence-electron chi connectivity index (χ2n) is 7.93. The van der Waals surface area contributed by atoms with E-state index in [0.29, 0.717) is 5.56 Å². The summed E-state index contributed by atoms with van der Waals surface area (Å²) in [6.45, 7) is 4.17. The summed E-state index contributed by atoms with van der Waals surface area (Å²) in [4.78, 5) is 16.4. The van der Waals surface area contributed by atoms with E-state index in [1.165, 1.54) is 0 Å². The Morgan fingerprint density at radius 1 is 1.09 bits per heavy atom. The number of aliphatic hydroxyl groups excluding tert-OH is 1. The summed E-state index contributed by atoms with van der Waals surface area (Å²) in [5.74, 6) is -0.962. The Balaban J connectivity index is 1.72. The van der Waals surface area contributed by atoms with Crippen molar-refractivity contribution in [1.82, 2.24) is 9.38 Å². The molecule has 0 aliphatic carbocycles. The first kappa shape index (κ1) is 22.2. The Bertz CT molecular complexity index is 1280. The molecule has 0 saturated carbocycles. The predicted molar refractivity (Wildman–Crippen MR) is 129 cm³/mol. The highest BCUT2D eigenvalue weighted by Crippen LogP contribution is 2.31. The molecular formula is C26H25BrN2O3. The van der Waals surface area contributed by atoms with Gasteiger partial charge in [0.15, 0.2) is 0 Å². The lowest BCUT2D eigenvalue weighted by molar-refractivity contribution is 0.0697. The summed E-state index contributed by atoms with van der Waals surface area (Å²) in [6.07, 6.45) is 2.17. The van der Waals surface area contributed by atoms with Crippen LogP contribution >= 0.6 is 15.9 Å². The molecule has 0 saturated heterocycles. The number of carboxylic acid groups (broad SMARTS) is 1. The molecule has 4 aromatic rings. The molecule has 1 atom stereocenters. The zero-order valence-corrected chi connectivity index (χ0v) is 19.6. The van der Waals surface area contributed by atoms with Gasteiger partial charge in [0.05, 0.1) is 17.0 Å². The number of carbonyl (C=O) groups is 1. The van der Waals surface area contributed by atoms with Gasteiger partial charge < -0.3 is 10.2 Å². The first-order valence-corrected chi connectivity index (χ1v) is 11.5. The number of halogens is 1. The number of benzene rings is 2. The average molecular weight is 493 g/mol. The number of fused-ring (bicyclic) bond motifs is 1. The summed E-state index contributed by atoms with van der Waals surface area (Å²) in [5, 5.41) is 20.7. The van der Waals surface area contributed by atoms with E-state index in [4.69, 9.17) is 4.98 Å². The number of imidazole rings is 1. The second kappa shape index (κ2) is 9.27. The topological polar surface area (TPSA) is 74.8 Å². The number of hydrogen-bond acceptors (Lipinski definition) is 3. The molecule has 2 aromatic heterocycles. The molecule has 0 spiro atoms.